The van der Waals surface area contributed by atoms with E-state index in [1.54, 1.807) is 13.8 Å². The second-order valence-electron chi connectivity index (χ2n) is 5.96. The molecular formula is C11H20ClNO6S. The maximum atomic E-state index is 11.3. The van der Waals surface area contributed by atoms with Crippen molar-refractivity contribution in [2.45, 2.75) is 44.9 Å². The number of nitrogens with one attached hydrogen (secondary N) is 1. The van der Waals surface area contributed by atoms with E-state index in [4.69, 9.17) is 21.3 Å². The molecule has 0 saturated carbocycles. The van der Waals surface area contributed by atoms with E-state index in [1.165, 1.54) is 13.8 Å². The molecule has 1 unspecified atom stereocenters. The van der Waals surface area contributed by atoms with Crippen LogP contribution < -0.4 is 5.32 Å². The summed E-state index contributed by atoms with van der Waals surface area (Å²) in [7, 11) is -4.77. The summed E-state index contributed by atoms with van der Waals surface area (Å²) in [6, 6.07) is 0. The first-order chi connectivity index (χ1) is 8.73. The number of amides is 1. The minimum atomic E-state index is -4.77. The van der Waals surface area contributed by atoms with E-state index in [0.29, 0.717) is 0 Å². The molecule has 0 rings (SSSR count). The van der Waals surface area contributed by atoms with Gasteiger partial charge in [-0.25, -0.2) is 0 Å². The predicted octanol–water partition coefficient (Wildman–Crippen LogP) is 0.877. The highest BCUT2D eigenvalue weighted by molar-refractivity contribution is 7.87. The molecule has 0 fully saturated rings. The van der Waals surface area contributed by atoms with Gasteiger partial charge >= 0.3 is 5.97 Å². The van der Waals surface area contributed by atoms with Crippen molar-refractivity contribution in [3.8, 4) is 0 Å². The SMILES string of the molecule is CC(C)(CC(C)(C)C(C(=O)O)S(=O)(=O)O)NC(=O)CCl. The van der Waals surface area contributed by atoms with Gasteiger partial charge in [-0.05, 0) is 25.7 Å². The van der Waals surface area contributed by atoms with Gasteiger partial charge in [-0.3, -0.25) is 14.1 Å². The third kappa shape index (κ3) is 5.64. The van der Waals surface area contributed by atoms with Crippen molar-refractivity contribution in [2.75, 3.05) is 5.88 Å². The first kappa shape index (κ1) is 19.1. The minimum absolute atomic E-state index is 0.0133. The number of hydrogen-bond acceptors (Lipinski definition) is 4. The Balaban J connectivity index is 5.32. The zero-order chi connectivity index (χ0) is 16.4. The maximum Gasteiger partial charge on any atom is 0.324 e. The fourth-order valence-electron chi connectivity index (χ4n) is 2.55. The monoisotopic (exact) mass is 329 g/mol. The van der Waals surface area contributed by atoms with Crippen LogP contribution in [-0.4, -0.2) is 46.6 Å². The van der Waals surface area contributed by atoms with Crippen molar-refractivity contribution in [2.24, 2.45) is 5.41 Å². The summed E-state index contributed by atoms with van der Waals surface area (Å²) in [6.45, 7) is 6.02. The van der Waals surface area contributed by atoms with Crippen LogP contribution in [0.1, 0.15) is 34.1 Å². The molecule has 0 aromatic heterocycles. The summed E-state index contributed by atoms with van der Waals surface area (Å²) in [6.07, 6.45) is 0.0133. The molecule has 0 saturated heterocycles. The Morgan fingerprint density at radius 3 is 2.00 bits per heavy atom. The molecule has 0 aromatic rings. The van der Waals surface area contributed by atoms with Crippen molar-refractivity contribution in [3.63, 3.8) is 0 Å². The smallest absolute Gasteiger partial charge is 0.324 e. The minimum Gasteiger partial charge on any atom is -0.480 e. The van der Waals surface area contributed by atoms with Gasteiger partial charge in [0.05, 0.1) is 0 Å². The molecule has 0 aliphatic rings. The zero-order valence-corrected chi connectivity index (χ0v) is 13.4. The molecule has 0 spiro atoms. The number of rotatable bonds is 7. The lowest BCUT2D eigenvalue weighted by Crippen LogP contribution is -2.52. The zero-order valence-electron chi connectivity index (χ0n) is 11.8. The van der Waals surface area contributed by atoms with Gasteiger partial charge in [0.1, 0.15) is 5.88 Å². The number of carboxylic acids is 1. The Bertz CT molecular complexity index is 485. The standard InChI is InChI=1S/C11H20ClNO6S/c1-10(2,8(9(15)16)20(17,18)19)6-11(3,4)13-7(14)5-12/h8H,5-6H2,1-4H3,(H,13,14)(H,15,16)(H,17,18,19). The molecule has 0 heterocycles. The van der Waals surface area contributed by atoms with Gasteiger partial charge in [0.2, 0.25) is 5.91 Å². The van der Waals surface area contributed by atoms with Gasteiger partial charge in [-0.15, -0.1) is 11.6 Å². The molecular weight excluding hydrogens is 310 g/mol. The normalized spacial score (nSPS) is 14.7. The molecule has 9 heteroatoms. The predicted molar refractivity (Wildman–Crippen MR) is 74.3 cm³/mol. The third-order valence-electron chi connectivity index (χ3n) is 2.73. The quantitative estimate of drug-likeness (QED) is 0.471. The lowest BCUT2D eigenvalue weighted by Gasteiger charge is -2.37. The summed E-state index contributed by atoms with van der Waals surface area (Å²) < 4.78 is 31.6. The molecule has 1 amide bonds. The van der Waals surface area contributed by atoms with Gasteiger partial charge in [-0.1, -0.05) is 13.8 Å². The van der Waals surface area contributed by atoms with Gasteiger partial charge < -0.3 is 10.4 Å². The van der Waals surface area contributed by atoms with Crippen LogP contribution >= 0.6 is 11.6 Å². The molecule has 0 aromatic carbocycles. The number of carbonyl (C=O) groups is 2. The van der Waals surface area contributed by atoms with Gasteiger partial charge in [0.25, 0.3) is 10.1 Å². The largest absolute Gasteiger partial charge is 0.480 e. The lowest BCUT2D eigenvalue weighted by atomic mass is 9.77. The van der Waals surface area contributed by atoms with E-state index in [1.807, 2.05) is 0 Å². The summed E-state index contributed by atoms with van der Waals surface area (Å²) in [4.78, 5) is 22.4. The Kier molecular flexibility index (Phi) is 6.01. The van der Waals surface area contributed by atoms with Crippen molar-refractivity contribution >= 4 is 33.6 Å². The maximum absolute atomic E-state index is 11.3. The van der Waals surface area contributed by atoms with E-state index in [0.717, 1.165) is 0 Å². The number of aliphatic carboxylic acids is 1. The number of carboxylic acid groups (broad SMARTS) is 1. The van der Waals surface area contributed by atoms with E-state index < -0.39 is 38.2 Å². The lowest BCUT2D eigenvalue weighted by molar-refractivity contribution is -0.139. The summed E-state index contributed by atoms with van der Waals surface area (Å²) in [5.41, 5.74) is -2.18. The van der Waals surface area contributed by atoms with Gasteiger partial charge in [0, 0.05) is 5.54 Å². The Morgan fingerprint density at radius 2 is 1.70 bits per heavy atom. The van der Waals surface area contributed by atoms with Crippen LogP contribution in [0.2, 0.25) is 0 Å². The average Bonchev–Trinajstić information content (AvgIpc) is 2.09. The highest BCUT2D eigenvalue weighted by Gasteiger charge is 2.47. The fraction of sp³-hybridized carbons (Fsp3) is 0.818. The van der Waals surface area contributed by atoms with Crippen LogP contribution in [0.4, 0.5) is 0 Å². The third-order valence-corrected chi connectivity index (χ3v) is 4.41. The van der Waals surface area contributed by atoms with E-state index in [2.05, 4.69) is 5.32 Å². The molecule has 0 radical (unpaired) electrons. The van der Waals surface area contributed by atoms with E-state index in [9.17, 15) is 18.0 Å². The van der Waals surface area contributed by atoms with Crippen LogP contribution in [0.5, 0.6) is 0 Å². The Morgan fingerprint density at radius 1 is 1.25 bits per heavy atom. The fourth-order valence-corrected chi connectivity index (χ4v) is 3.76. The Labute approximate surface area is 123 Å². The number of hydrogen-bond donors (Lipinski definition) is 3. The Hall–Kier alpha value is -0.860. The van der Waals surface area contributed by atoms with Crippen molar-refractivity contribution in [3.05, 3.63) is 0 Å². The molecule has 3 N–H and O–H groups in total. The van der Waals surface area contributed by atoms with Crippen LogP contribution in [0.25, 0.3) is 0 Å². The van der Waals surface area contributed by atoms with Crippen molar-refractivity contribution in [1.82, 2.24) is 5.32 Å². The number of alkyl halides is 1. The van der Waals surface area contributed by atoms with Crippen LogP contribution in [0.3, 0.4) is 0 Å². The first-order valence-electron chi connectivity index (χ1n) is 5.79. The summed E-state index contributed by atoms with van der Waals surface area (Å²) in [5.74, 6) is -2.35. The van der Waals surface area contributed by atoms with E-state index in [-0.39, 0.29) is 12.3 Å². The molecule has 0 bridgehead atoms. The number of carbonyl (C=O) groups excluding carboxylic acids is 1. The van der Waals surface area contributed by atoms with Gasteiger partial charge in [-0.2, -0.15) is 8.42 Å². The molecule has 0 aliphatic heterocycles. The average molecular weight is 330 g/mol. The molecule has 20 heavy (non-hydrogen) atoms. The molecule has 1 atom stereocenters. The highest BCUT2D eigenvalue weighted by Crippen LogP contribution is 2.35. The second-order valence-corrected chi connectivity index (χ2v) is 7.73. The second kappa shape index (κ2) is 6.28. The highest BCUT2D eigenvalue weighted by atomic mass is 35.5. The van der Waals surface area contributed by atoms with Crippen LogP contribution in [0.15, 0.2) is 0 Å². The van der Waals surface area contributed by atoms with Crippen molar-refractivity contribution < 1.29 is 27.7 Å². The summed E-state index contributed by atoms with van der Waals surface area (Å²) in [5, 5.41) is 9.60. The molecule has 0 aliphatic carbocycles. The number of halogens is 1. The summed E-state index contributed by atoms with van der Waals surface area (Å²) >= 11 is 5.37. The van der Waals surface area contributed by atoms with E-state index >= 15 is 0 Å². The first-order valence-corrected chi connectivity index (χ1v) is 7.83. The van der Waals surface area contributed by atoms with Crippen LogP contribution in [0, 0.1) is 5.41 Å². The molecule has 118 valence electrons. The van der Waals surface area contributed by atoms with Gasteiger partial charge in [0.15, 0.2) is 5.25 Å². The van der Waals surface area contributed by atoms with Crippen LogP contribution in [-0.2, 0) is 19.7 Å². The van der Waals surface area contributed by atoms with Crippen molar-refractivity contribution in [1.29, 1.82) is 0 Å². The topological polar surface area (TPSA) is 121 Å². The molecule has 7 nitrogen and oxygen atoms in total.